The van der Waals surface area contributed by atoms with Crippen LogP contribution in [0.25, 0.3) is 0 Å². The van der Waals surface area contributed by atoms with Crippen molar-refractivity contribution in [2.24, 2.45) is 11.3 Å². The number of rotatable bonds is 4. The number of amides is 1. The normalized spacial score (nSPS) is 22.9. The van der Waals surface area contributed by atoms with Gasteiger partial charge in [0.05, 0.1) is 23.7 Å². The summed E-state index contributed by atoms with van der Waals surface area (Å²) < 4.78 is 5.20. The molecule has 6 heteroatoms. The second kappa shape index (κ2) is 7.17. The van der Waals surface area contributed by atoms with Crippen molar-refractivity contribution in [2.75, 3.05) is 11.9 Å². The fourth-order valence-electron chi connectivity index (χ4n) is 4.32. The van der Waals surface area contributed by atoms with Crippen molar-refractivity contribution in [3.8, 4) is 6.07 Å². The summed E-state index contributed by atoms with van der Waals surface area (Å²) in [5, 5.41) is 13.3. The summed E-state index contributed by atoms with van der Waals surface area (Å²) in [4.78, 5) is 25.0. The topological polar surface area (TPSA) is 79.2 Å². The maximum Gasteiger partial charge on any atom is 0.341 e. The van der Waals surface area contributed by atoms with Gasteiger partial charge in [0.15, 0.2) is 0 Å². The first-order valence-corrected chi connectivity index (χ1v) is 9.83. The average Bonchev–Trinajstić information content (AvgIpc) is 3.21. The van der Waals surface area contributed by atoms with E-state index >= 15 is 0 Å². The molecule has 0 spiro atoms. The largest absolute Gasteiger partial charge is 0.462 e. The fourth-order valence-corrected chi connectivity index (χ4v) is 5.73. The van der Waals surface area contributed by atoms with Crippen molar-refractivity contribution in [2.45, 2.75) is 58.8 Å². The van der Waals surface area contributed by atoms with Crippen LogP contribution >= 0.6 is 11.3 Å². The number of anilines is 1. The molecule has 1 N–H and O–H groups in total. The Morgan fingerprint density at radius 1 is 1.40 bits per heavy atom. The Morgan fingerprint density at radius 2 is 2.12 bits per heavy atom. The number of ether oxygens (including phenoxy) is 1. The first-order chi connectivity index (χ1) is 12.0. The van der Waals surface area contributed by atoms with Gasteiger partial charge in [-0.1, -0.05) is 12.8 Å². The molecule has 2 aliphatic rings. The monoisotopic (exact) mass is 360 g/mol. The molecule has 1 amide bonds. The zero-order valence-electron chi connectivity index (χ0n) is 14.8. The lowest BCUT2D eigenvalue weighted by molar-refractivity contribution is -0.114. The van der Waals surface area contributed by atoms with Gasteiger partial charge in [-0.05, 0) is 44.1 Å². The van der Waals surface area contributed by atoms with Crippen LogP contribution in [-0.2, 0) is 22.4 Å². The van der Waals surface area contributed by atoms with Gasteiger partial charge in [0, 0.05) is 18.2 Å². The minimum absolute atomic E-state index is 0.202. The molecule has 0 aliphatic heterocycles. The van der Waals surface area contributed by atoms with E-state index in [1.807, 2.05) is 0 Å². The summed E-state index contributed by atoms with van der Waals surface area (Å²) in [6.45, 7) is 3.51. The van der Waals surface area contributed by atoms with E-state index in [0.717, 1.165) is 29.7 Å². The van der Waals surface area contributed by atoms with Crippen LogP contribution in [0.2, 0.25) is 0 Å². The number of carbonyl (C=O) groups is 2. The van der Waals surface area contributed by atoms with E-state index in [2.05, 4.69) is 11.4 Å². The number of esters is 1. The highest BCUT2D eigenvalue weighted by atomic mass is 32.1. The summed E-state index contributed by atoms with van der Waals surface area (Å²) in [5.41, 5.74) is 1.14. The van der Waals surface area contributed by atoms with Gasteiger partial charge < -0.3 is 10.1 Å². The molecule has 3 rings (SSSR count). The van der Waals surface area contributed by atoms with Crippen molar-refractivity contribution >= 4 is 28.2 Å². The molecule has 0 aromatic carbocycles. The summed E-state index contributed by atoms with van der Waals surface area (Å²) in [5.74, 6) is -0.136. The molecule has 2 aliphatic carbocycles. The number of hydrogen-bond donors (Lipinski definition) is 1. The van der Waals surface area contributed by atoms with Crippen molar-refractivity contribution in [1.82, 2.24) is 0 Å². The molecule has 1 aromatic rings. The smallest absolute Gasteiger partial charge is 0.341 e. The summed E-state index contributed by atoms with van der Waals surface area (Å²) in [6, 6.07) is 2.63. The fraction of sp³-hybridized carbons (Fsp3) is 0.632. The van der Waals surface area contributed by atoms with Crippen LogP contribution in [0.1, 0.15) is 66.8 Å². The Bertz CT molecular complexity index is 728. The molecule has 1 fully saturated rings. The Balaban J connectivity index is 1.98. The lowest BCUT2D eigenvalue weighted by Gasteiger charge is -2.36. The molecule has 1 saturated carbocycles. The van der Waals surface area contributed by atoms with Crippen LogP contribution in [-0.4, -0.2) is 18.5 Å². The summed E-state index contributed by atoms with van der Waals surface area (Å²) in [6.07, 6.45) is 6.82. The third-order valence-electron chi connectivity index (χ3n) is 5.52. The first-order valence-electron chi connectivity index (χ1n) is 9.01. The highest BCUT2D eigenvalue weighted by Gasteiger charge is 2.45. The second-order valence-electron chi connectivity index (χ2n) is 7.04. The van der Waals surface area contributed by atoms with Gasteiger partial charge in [-0.3, -0.25) is 4.79 Å². The number of nitrogens with zero attached hydrogens (tertiary/aromatic N) is 1. The van der Waals surface area contributed by atoms with E-state index < -0.39 is 0 Å². The van der Waals surface area contributed by atoms with Gasteiger partial charge in [0.1, 0.15) is 5.00 Å². The summed E-state index contributed by atoms with van der Waals surface area (Å²) in [7, 11) is 0. The van der Waals surface area contributed by atoms with E-state index in [0.29, 0.717) is 35.9 Å². The molecule has 25 heavy (non-hydrogen) atoms. The molecule has 1 heterocycles. The SMILES string of the molecule is CCOC(=O)c1c(NC(C)=O)sc2c1CCC(C#N)(C1CCCC1)C2. The van der Waals surface area contributed by atoms with Gasteiger partial charge in [-0.25, -0.2) is 4.79 Å². The lowest BCUT2D eigenvalue weighted by Crippen LogP contribution is -2.34. The van der Waals surface area contributed by atoms with E-state index in [-0.39, 0.29) is 17.3 Å². The predicted molar refractivity (Wildman–Crippen MR) is 96.6 cm³/mol. The Kier molecular flexibility index (Phi) is 5.14. The minimum atomic E-state index is -0.380. The van der Waals surface area contributed by atoms with Crippen molar-refractivity contribution in [3.05, 3.63) is 16.0 Å². The van der Waals surface area contributed by atoms with E-state index in [1.54, 1.807) is 6.92 Å². The van der Waals surface area contributed by atoms with Crippen LogP contribution in [0.15, 0.2) is 0 Å². The Labute approximate surface area is 152 Å². The quantitative estimate of drug-likeness (QED) is 0.821. The van der Waals surface area contributed by atoms with Gasteiger partial charge in [0.2, 0.25) is 5.91 Å². The van der Waals surface area contributed by atoms with Crippen LogP contribution < -0.4 is 5.32 Å². The van der Waals surface area contributed by atoms with Gasteiger partial charge >= 0.3 is 5.97 Å². The number of carbonyl (C=O) groups excluding carboxylic acids is 2. The number of hydrogen-bond acceptors (Lipinski definition) is 5. The Morgan fingerprint density at radius 3 is 2.72 bits per heavy atom. The zero-order valence-corrected chi connectivity index (χ0v) is 15.6. The molecule has 1 unspecified atom stereocenters. The number of thiophene rings is 1. The van der Waals surface area contributed by atoms with E-state index in [4.69, 9.17) is 4.74 Å². The van der Waals surface area contributed by atoms with Crippen molar-refractivity contribution in [3.63, 3.8) is 0 Å². The second-order valence-corrected chi connectivity index (χ2v) is 8.14. The summed E-state index contributed by atoms with van der Waals surface area (Å²) >= 11 is 1.44. The first kappa shape index (κ1) is 17.9. The third kappa shape index (κ3) is 3.30. The molecule has 5 nitrogen and oxygen atoms in total. The molecule has 0 bridgehead atoms. The number of fused-ring (bicyclic) bond motifs is 1. The van der Waals surface area contributed by atoms with Gasteiger partial charge in [-0.15, -0.1) is 11.3 Å². The molecule has 1 atom stereocenters. The molecule has 0 radical (unpaired) electrons. The highest BCUT2D eigenvalue weighted by Crippen LogP contribution is 2.51. The van der Waals surface area contributed by atoms with Crippen LogP contribution in [0.3, 0.4) is 0 Å². The molecular formula is C19H24N2O3S. The lowest BCUT2D eigenvalue weighted by atomic mass is 9.66. The van der Waals surface area contributed by atoms with Crippen molar-refractivity contribution in [1.29, 1.82) is 5.26 Å². The molecule has 134 valence electrons. The molecular weight excluding hydrogens is 336 g/mol. The van der Waals surface area contributed by atoms with E-state index in [9.17, 15) is 14.9 Å². The van der Waals surface area contributed by atoms with Crippen LogP contribution in [0.5, 0.6) is 0 Å². The maximum absolute atomic E-state index is 12.4. The average molecular weight is 360 g/mol. The third-order valence-corrected chi connectivity index (χ3v) is 6.66. The van der Waals surface area contributed by atoms with Crippen molar-refractivity contribution < 1.29 is 14.3 Å². The molecule has 1 aromatic heterocycles. The van der Waals surface area contributed by atoms with Gasteiger partial charge in [-0.2, -0.15) is 5.26 Å². The van der Waals surface area contributed by atoms with Gasteiger partial charge in [0.25, 0.3) is 0 Å². The number of nitriles is 1. The minimum Gasteiger partial charge on any atom is -0.462 e. The highest BCUT2D eigenvalue weighted by molar-refractivity contribution is 7.17. The zero-order chi connectivity index (χ0) is 18.0. The standard InChI is InChI=1S/C19H24N2O3S/c1-3-24-18(23)16-14-8-9-19(11-20,13-6-4-5-7-13)10-15(14)25-17(16)21-12(2)22/h13H,3-10H2,1-2H3,(H,21,22). The van der Waals surface area contributed by atoms with Crippen LogP contribution in [0, 0.1) is 22.7 Å². The number of nitrogens with one attached hydrogen (secondary N) is 1. The van der Waals surface area contributed by atoms with Crippen LogP contribution in [0.4, 0.5) is 5.00 Å². The predicted octanol–water partition coefficient (Wildman–Crippen LogP) is 4.07. The van der Waals surface area contributed by atoms with E-state index in [1.165, 1.54) is 31.1 Å². The molecule has 0 saturated heterocycles. The Hall–Kier alpha value is -1.87. The maximum atomic E-state index is 12.4.